The highest BCUT2D eigenvalue weighted by Crippen LogP contribution is 2.29. The highest BCUT2D eigenvalue weighted by molar-refractivity contribution is 5.94. The van der Waals surface area contributed by atoms with Gasteiger partial charge in [-0.25, -0.2) is 9.97 Å². The Morgan fingerprint density at radius 3 is 2.68 bits per heavy atom. The lowest BCUT2D eigenvalue weighted by Gasteiger charge is -2.17. The predicted octanol–water partition coefficient (Wildman–Crippen LogP) is 4.26. The molecule has 0 spiro atoms. The smallest absolute Gasteiger partial charge is 0.158 e. The second-order valence-corrected chi connectivity index (χ2v) is 6.44. The van der Waals surface area contributed by atoms with Crippen LogP contribution in [-0.4, -0.2) is 37.9 Å². The molecule has 0 aliphatic heterocycles. The molecule has 0 aliphatic carbocycles. The first kappa shape index (κ1) is 15.8. The molecule has 0 saturated carbocycles. The molecule has 0 fully saturated rings. The quantitative estimate of drug-likeness (QED) is 0.574. The van der Waals surface area contributed by atoms with Crippen molar-refractivity contribution in [1.29, 1.82) is 0 Å². The van der Waals surface area contributed by atoms with Crippen LogP contribution in [0, 0.1) is 6.92 Å². The van der Waals surface area contributed by atoms with Crippen molar-refractivity contribution >= 4 is 22.1 Å². The normalized spacial score (nSPS) is 11.8. The lowest BCUT2D eigenvalue weighted by atomic mass is 10.1. The number of aryl methyl sites for hydroxylation is 1. The summed E-state index contributed by atoms with van der Waals surface area (Å²) in [5.41, 5.74) is 6.39. The van der Waals surface area contributed by atoms with E-state index in [1.54, 1.807) is 0 Å². The number of H-pyrrole nitrogens is 2. The maximum atomic E-state index is 4.59. The van der Waals surface area contributed by atoms with Crippen LogP contribution in [0.1, 0.15) is 25.2 Å². The molecule has 2 N–H and O–H groups in total. The molecule has 0 atom stereocenters. The molecular weight excluding hydrogens is 310 g/mol. The molecule has 5 heteroatoms. The second kappa shape index (κ2) is 6.33. The summed E-state index contributed by atoms with van der Waals surface area (Å²) in [6, 6.07) is 10.9. The van der Waals surface area contributed by atoms with E-state index in [0.717, 1.165) is 53.4 Å². The Kier molecular flexibility index (Phi) is 4.01. The SMILES string of the molecule is CCN(CC)Cc1ccc2[nH]c(-c3ccnc4[nH]c(C)nc34)cc2c1. The van der Waals surface area contributed by atoms with Crippen molar-refractivity contribution in [2.45, 2.75) is 27.3 Å². The highest BCUT2D eigenvalue weighted by atomic mass is 15.1. The summed E-state index contributed by atoms with van der Waals surface area (Å²) in [6.45, 7) is 9.49. The van der Waals surface area contributed by atoms with Gasteiger partial charge >= 0.3 is 0 Å². The van der Waals surface area contributed by atoms with Gasteiger partial charge in [-0.1, -0.05) is 19.9 Å². The van der Waals surface area contributed by atoms with Crippen molar-refractivity contribution < 1.29 is 0 Å². The van der Waals surface area contributed by atoms with E-state index >= 15 is 0 Å². The number of imidazole rings is 1. The van der Waals surface area contributed by atoms with Gasteiger partial charge in [-0.2, -0.15) is 0 Å². The molecule has 5 nitrogen and oxygen atoms in total. The van der Waals surface area contributed by atoms with E-state index < -0.39 is 0 Å². The van der Waals surface area contributed by atoms with Crippen molar-refractivity contribution in [3.8, 4) is 11.3 Å². The maximum absolute atomic E-state index is 4.59. The number of aromatic nitrogens is 4. The van der Waals surface area contributed by atoms with Crippen LogP contribution in [0.5, 0.6) is 0 Å². The number of benzene rings is 1. The number of hydrogen-bond acceptors (Lipinski definition) is 3. The molecule has 0 unspecified atom stereocenters. The predicted molar refractivity (Wildman–Crippen MR) is 103 cm³/mol. The summed E-state index contributed by atoms with van der Waals surface area (Å²) in [5, 5.41) is 1.23. The number of nitrogens with one attached hydrogen (secondary N) is 2. The lowest BCUT2D eigenvalue weighted by Crippen LogP contribution is -2.21. The van der Waals surface area contributed by atoms with Crippen molar-refractivity contribution in [3.05, 3.63) is 47.9 Å². The number of pyridine rings is 1. The second-order valence-electron chi connectivity index (χ2n) is 6.44. The van der Waals surface area contributed by atoms with Crippen LogP contribution in [0.15, 0.2) is 36.5 Å². The third kappa shape index (κ3) is 2.91. The first-order chi connectivity index (χ1) is 12.2. The fourth-order valence-corrected chi connectivity index (χ4v) is 3.37. The summed E-state index contributed by atoms with van der Waals surface area (Å²) in [5.74, 6) is 0.882. The van der Waals surface area contributed by atoms with Gasteiger partial charge in [-0.3, -0.25) is 4.90 Å². The van der Waals surface area contributed by atoms with Gasteiger partial charge in [0.1, 0.15) is 11.3 Å². The molecule has 3 aromatic heterocycles. The van der Waals surface area contributed by atoms with Crippen LogP contribution >= 0.6 is 0 Å². The lowest BCUT2D eigenvalue weighted by molar-refractivity contribution is 0.296. The van der Waals surface area contributed by atoms with Gasteiger partial charge in [-0.15, -0.1) is 0 Å². The topological polar surface area (TPSA) is 60.6 Å². The summed E-state index contributed by atoms with van der Waals surface area (Å²) < 4.78 is 0. The fraction of sp³-hybridized carbons (Fsp3) is 0.300. The van der Waals surface area contributed by atoms with Crippen LogP contribution in [0.25, 0.3) is 33.3 Å². The van der Waals surface area contributed by atoms with Crippen molar-refractivity contribution in [3.63, 3.8) is 0 Å². The average Bonchev–Trinajstić information content (AvgIpc) is 3.20. The van der Waals surface area contributed by atoms with E-state index in [2.05, 4.69) is 62.9 Å². The van der Waals surface area contributed by atoms with E-state index in [4.69, 9.17) is 0 Å². The van der Waals surface area contributed by atoms with E-state index in [1.807, 2.05) is 19.2 Å². The Morgan fingerprint density at radius 1 is 1.04 bits per heavy atom. The Bertz CT molecular complexity index is 1020. The highest BCUT2D eigenvalue weighted by Gasteiger charge is 2.11. The summed E-state index contributed by atoms with van der Waals surface area (Å²) in [7, 11) is 0. The van der Waals surface area contributed by atoms with Gasteiger partial charge in [0, 0.05) is 34.9 Å². The average molecular weight is 333 g/mol. The van der Waals surface area contributed by atoms with Crippen LogP contribution in [0.3, 0.4) is 0 Å². The Balaban J connectivity index is 1.75. The Hall–Kier alpha value is -2.66. The van der Waals surface area contributed by atoms with Crippen LogP contribution in [0.2, 0.25) is 0 Å². The minimum absolute atomic E-state index is 0.830. The summed E-state index contributed by atoms with van der Waals surface area (Å²) in [6.07, 6.45) is 1.83. The van der Waals surface area contributed by atoms with E-state index in [0.29, 0.717) is 0 Å². The van der Waals surface area contributed by atoms with Gasteiger partial charge in [0.2, 0.25) is 0 Å². The molecule has 0 saturated heterocycles. The number of aromatic amines is 2. The molecule has 1 aromatic carbocycles. The molecular formula is C20H23N5. The summed E-state index contributed by atoms with van der Waals surface area (Å²) in [4.78, 5) is 18.1. The molecule has 0 radical (unpaired) electrons. The fourth-order valence-electron chi connectivity index (χ4n) is 3.37. The van der Waals surface area contributed by atoms with Gasteiger partial charge < -0.3 is 9.97 Å². The van der Waals surface area contributed by atoms with Gasteiger partial charge in [-0.05, 0) is 49.8 Å². The van der Waals surface area contributed by atoms with Gasteiger partial charge in [0.15, 0.2) is 5.65 Å². The van der Waals surface area contributed by atoms with Crippen molar-refractivity contribution in [1.82, 2.24) is 24.8 Å². The molecule has 25 heavy (non-hydrogen) atoms. The van der Waals surface area contributed by atoms with E-state index in [1.165, 1.54) is 10.9 Å². The maximum Gasteiger partial charge on any atom is 0.158 e. The largest absolute Gasteiger partial charge is 0.354 e. The zero-order chi connectivity index (χ0) is 17.4. The minimum atomic E-state index is 0.830. The van der Waals surface area contributed by atoms with Gasteiger partial charge in [0.05, 0.1) is 0 Å². The third-order valence-corrected chi connectivity index (χ3v) is 4.78. The zero-order valence-electron chi connectivity index (χ0n) is 14.9. The van der Waals surface area contributed by atoms with E-state index in [-0.39, 0.29) is 0 Å². The standard InChI is InChI=1S/C20H23N5/c1-4-25(5-2)12-14-6-7-17-15(10-14)11-18(24-17)16-8-9-21-20-19(16)22-13(3)23-20/h6-11,24H,4-5,12H2,1-3H3,(H,21,22,23). The monoisotopic (exact) mass is 333 g/mol. The van der Waals surface area contributed by atoms with Crippen LogP contribution in [-0.2, 0) is 6.54 Å². The van der Waals surface area contributed by atoms with Gasteiger partial charge in [0.25, 0.3) is 0 Å². The first-order valence-electron chi connectivity index (χ1n) is 8.83. The number of hydrogen-bond donors (Lipinski definition) is 2. The third-order valence-electron chi connectivity index (χ3n) is 4.78. The Labute approximate surface area is 147 Å². The molecule has 4 aromatic rings. The number of nitrogens with zero attached hydrogens (tertiary/aromatic N) is 3. The molecule has 128 valence electrons. The number of fused-ring (bicyclic) bond motifs is 2. The Morgan fingerprint density at radius 2 is 1.88 bits per heavy atom. The zero-order valence-corrected chi connectivity index (χ0v) is 14.9. The van der Waals surface area contributed by atoms with Crippen molar-refractivity contribution in [2.75, 3.05) is 13.1 Å². The molecule has 3 heterocycles. The molecule has 0 aliphatic rings. The molecule has 0 amide bonds. The molecule has 4 rings (SSSR count). The van der Waals surface area contributed by atoms with E-state index in [9.17, 15) is 0 Å². The van der Waals surface area contributed by atoms with Crippen LogP contribution < -0.4 is 0 Å². The van der Waals surface area contributed by atoms with Crippen molar-refractivity contribution in [2.24, 2.45) is 0 Å². The van der Waals surface area contributed by atoms with Crippen LogP contribution in [0.4, 0.5) is 0 Å². The number of rotatable bonds is 5. The summed E-state index contributed by atoms with van der Waals surface area (Å²) >= 11 is 0. The molecule has 0 bridgehead atoms. The first-order valence-corrected chi connectivity index (χ1v) is 8.83. The minimum Gasteiger partial charge on any atom is -0.354 e.